The number of nitrogens with one attached hydrogen (secondary N) is 3. The Morgan fingerprint density at radius 3 is 2.44 bits per heavy atom. The molecule has 61 heavy (non-hydrogen) atoms. The van der Waals surface area contributed by atoms with Gasteiger partial charge in [-0.05, 0) is 68.1 Å². The highest BCUT2D eigenvalue weighted by Gasteiger charge is 2.31. The Labute approximate surface area is 349 Å². The number of hydrogen-bond donors (Lipinski definition) is 3. The summed E-state index contributed by atoms with van der Waals surface area (Å²) < 4.78 is 8.35. The molecule has 3 fully saturated rings. The van der Waals surface area contributed by atoms with Gasteiger partial charge in [-0.3, -0.25) is 33.7 Å². The Kier molecular flexibility index (Phi) is 11.1. The monoisotopic (exact) mass is 827 g/mol. The third kappa shape index (κ3) is 8.35. The summed E-state index contributed by atoms with van der Waals surface area (Å²) in [6.07, 6.45) is 7.59. The average molecular weight is 828 g/mol. The predicted octanol–water partition coefficient (Wildman–Crippen LogP) is 2.54. The van der Waals surface area contributed by atoms with Crippen molar-refractivity contribution in [3.63, 3.8) is 0 Å². The number of aromatic nitrogens is 7. The number of amides is 4. The van der Waals surface area contributed by atoms with Crippen molar-refractivity contribution in [2.24, 2.45) is 5.92 Å². The van der Waals surface area contributed by atoms with E-state index in [0.29, 0.717) is 81.5 Å². The zero-order valence-corrected chi connectivity index (χ0v) is 33.4. The molecule has 3 aliphatic rings. The molecule has 0 saturated carbocycles. The largest absolute Gasteiger partial charge is 0.467 e. The lowest BCUT2D eigenvalue weighted by atomic mass is 9.95. The summed E-state index contributed by atoms with van der Waals surface area (Å²) in [5, 5.41) is 25.5. The summed E-state index contributed by atoms with van der Waals surface area (Å²) in [4.78, 5) is 74.5. The van der Waals surface area contributed by atoms with E-state index in [1.54, 1.807) is 30.9 Å². The molecule has 4 amide bonds. The molecule has 0 radical (unpaired) electrons. The fourth-order valence-electron chi connectivity index (χ4n) is 8.30. The highest BCUT2D eigenvalue weighted by atomic mass is 16.3. The van der Waals surface area contributed by atoms with Crippen LogP contribution in [0.15, 0.2) is 82.6 Å². The van der Waals surface area contributed by atoms with E-state index in [0.717, 1.165) is 52.0 Å². The van der Waals surface area contributed by atoms with E-state index in [4.69, 9.17) is 9.40 Å². The molecule has 0 aliphatic carbocycles. The van der Waals surface area contributed by atoms with Crippen molar-refractivity contribution in [1.29, 1.82) is 0 Å². The molecule has 1 unspecified atom stereocenters. The summed E-state index contributed by atoms with van der Waals surface area (Å²) >= 11 is 0. The van der Waals surface area contributed by atoms with Gasteiger partial charge in [0, 0.05) is 81.5 Å². The molecule has 1 atom stereocenters. The van der Waals surface area contributed by atoms with Gasteiger partial charge in [-0.2, -0.15) is 4.68 Å². The Bertz CT molecular complexity index is 2630. The van der Waals surface area contributed by atoms with Gasteiger partial charge < -0.3 is 29.8 Å². The van der Waals surface area contributed by atoms with Crippen molar-refractivity contribution in [2.75, 3.05) is 60.9 Å². The Morgan fingerprint density at radius 1 is 0.885 bits per heavy atom. The molecule has 4 aromatic heterocycles. The third-order valence-corrected chi connectivity index (χ3v) is 11.8. The standard InChI is InChI=1S/C42H45N13O6/c56-36-12-11-34(41(59)47-36)55-42(60)32-23-30(9-10-33(32)48-50-55)51-16-13-28(14-17-51)40(58)43-15-1-4-37(57)53-20-18-52(19-21-53)29-7-5-27(6-8-29)38-39-49-46-26-54(39)35(25-45-38)44-24-31-3-2-22-61-31/h2-3,5-10,22-23,25-26,28,34,44H,1,4,11-21,24H2,(H,43,58)(H,47,56,59). The van der Waals surface area contributed by atoms with Crippen molar-refractivity contribution in [3.8, 4) is 11.3 Å². The van der Waals surface area contributed by atoms with Crippen LogP contribution in [0.1, 0.15) is 50.3 Å². The Balaban J connectivity index is 0.702. The molecule has 314 valence electrons. The van der Waals surface area contributed by atoms with Gasteiger partial charge in [-0.1, -0.05) is 17.3 Å². The molecule has 3 N–H and O–H groups in total. The number of furan rings is 1. The van der Waals surface area contributed by atoms with Crippen LogP contribution in [0.3, 0.4) is 0 Å². The summed E-state index contributed by atoms with van der Waals surface area (Å²) in [6, 6.07) is 16.4. The SMILES string of the molecule is O=C1CCC(n2nnc3ccc(N4CCC(C(=O)NCCCC(=O)N5CCN(c6ccc(-c7ncc(NCc8ccco8)n8cnnc78)cc6)CC5)CC4)cc3c2=O)C(=O)N1. The Morgan fingerprint density at radius 2 is 1.67 bits per heavy atom. The molecule has 3 saturated heterocycles. The lowest BCUT2D eigenvalue weighted by Crippen LogP contribution is -2.48. The quantitative estimate of drug-likeness (QED) is 0.119. The van der Waals surface area contributed by atoms with Gasteiger partial charge >= 0.3 is 0 Å². The second-order valence-electron chi connectivity index (χ2n) is 15.5. The summed E-state index contributed by atoms with van der Waals surface area (Å²) in [6.45, 7) is 4.89. The number of carbonyl (C=O) groups excluding carboxylic acids is 4. The second kappa shape index (κ2) is 17.2. The summed E-state index contributed by atoms with van der Waals surface area (Å²) in [5.41, 5.74) is 4.16. The molecule has 19 nitrogen and oxygen atoms in total. The van der Waals surface area contributed by atoms with E-state index in [9.17, 15) is 24.0 Å². The number of anilines is 3. The van der Waals surface area contributed by atoms with Crippen LogP contribution < -0.4 is 31.3 Å². The lowest BCUT2D eigenvalue weighted by molar-refractivity contribution is -0.136. The van der Waals surface area contributed by atoms with E-state index in [1.807, 2.05) is 39.6 Å². The summed E-state index contributed by atoms with van der Waals surface area (Å²) in [5.74, 6) is 0.564. The highest BCUT2D eigenvalue weighted by Crippen LogP contribution is 2.28. The van der Waals surface area contributed by atoms with E-state index in [1.165, 1.54) is 0 Å². The van der Waals surface area contributed by atoms with E-state index < -0.39 is 17.5 Å². The van der Waals surface area contributed by atoms with Crippen LogP contribution in [0.4, 0.5) is 17.2 Å². The maximum atomic E-state index is 13.4. The number of piperazine rings is 1. The molecule has 7 heterocycles. The summed E-state index contributed by atoms with van der Waals surface area (Å²) in [7, 11) is 0. The van der Waals surface area contributed by atoms with Crippen LogP contribution in [-0.2, 0) is 25.7 Å². The van der Waals surface area contributed by atoms with Gasteiger partial charge in [0.25, 0.3) is 11.5 Å². The van der Waals surface area contributed by atoms with Crippen LogP contribution in [-0.4, -0.2) is 109 Å². The van der Waals surface area contributed by atoms with Gasteiger partial charge in [0.1, 0.15) is 35.2 Å². The molecule has 9 rings (SSSR count). The van der Waals surface area contributed by atoms with Crippen molar-refractivity contribution in [3.05, 3.63) is 89.5 Å². The van der Waals surface area contributed by atoms with Gasteiger partial charge in [0.2, 0.25) is 17.7 Å². The maximum Gasteiger partial charge on any atom is 0.278 e. The van der Waals surface area contributed by atoms with Crippen LogP contribution in [0, 0.1) is 5.92 Å². The minimum Gasteiger partial charge on any atom is -0.467 e. The number of piperidine rings is 2. The van der Waals surface area contributed by atoms with Crippen LogP contribution in [0.2, 0.25) is 0 Å². The first-order chi connectivity index (χ1) is 29.8. The molecule has 0 bridgehead atoms. The van der Waals surface area contributed by atoms with Crippen LogP contribution >= 0.6 is 0 Å². The van der Waals surface area contributed by atoms with Crippen LogP contribution in [0.5, 0.6) is 0 Å². The predicted molar refractivity (Wildman–Crippen MR) is 223 cm³/mol. The van der Waals surface area contributed by atoms with Crippen molar-refractivity contribution < 1.29 is 23.6 Å². The van der Waals surface area contributed by atoms with E-state index >= 15 is 0 Å². The topological polar surface area (TPSA) is 218 Å². The number of rotatable bonds is 12. The molecule has 6 aromatic rings. The molecular formula is C42H45N13O6. The number of benzene rings is 2. The Hall–Kier alpha value is -7.18. The number of nitrogens with zero attached hydrogens (tertiary/aromatic N) is 10. The zero-order chi connectivity index (χ0) is 41.9. The molecule has 3 aliphatic heterocycles. The fourth-order valence-corrected chi connectivity index (χ4v) is 8.30. The van der Waals surface area contributed by atoms with Gasteiger partial charge in [0.15, 0.2) is 5.65 Å². The first kappa shape index (κ1) is 39.3. The first-order valence-electron chi connectivity index (χ1n) is 20.6. The minimum atomic E-state index is -0.892. The smallest absolute Gasteiger partial charge is 0.278 e. The second-order valence-corrected chi connectivity index (χ2v) is 15.5. The average Bonchev–Trinajstić information content (AvgIpc) is 4.01. The first-order valence-corrected chi connectivity index (χ1v) is 20.6. The van der Waals surface area contributed by atoms with Gasteiger partial charge in [0.05, 0.1) is 24.4 Å². The molecule has 0 spiro atoms. The molecular weight excluding hydrogens is 783 g/mol. The number of hydrogen-bond acceptors (Lipinski definition) is 14. The van der Waals surface area contributed by atoms with Gasteiger partial charge in [-0.15, -0.1) is 15.3 Å². The van der Waals surface area contributed by atoms with Crippen molar-refractivity contribution >= 4 is 57.4 Å². The molecule has 2 aromatic carbocycles. The highest BCUT2D eigenvalue weighted by molar-refractivity contribution is 5.99. The maximum absolute atomic E-state index is 13.4. The lowest BCUT2D eigenvalue weighted by Gasteiger charge is -2.36. The van der Waals surface area contributed by atoms with Crippen molar-refractivity contribution in [1.82, 2.24) is 50.1 Å². The third-order valence-electron chi connectivity index (χ3n) is 11.8. The number of imide groups is 1. The normalized spacial score (nSPS) is 17.5. The van der Waals surface area contributed by atoms with E-state index in [-0.39, 0.29) is 36.5 Å². The number of carbonyl (C=O) groups is 4. The number of fused-ring (bicyclic) bond motifs is 2. The van der Waals surface area contributed by atoms with Crippen molar-refractivity contribution in [2.45, 2.75) is 51.1 Å². The van der Waals surface area contributed by atoms with Crippen LogP contribution in [0.25, 0.3) is 27.8 Å². The molecule has 19 heteroatoms. The zero-order valence-electron chi connectivity index (χ0n) is 33.4. The minimum absolute atomic E-state index is 0.00979. The van der Waals surface area contributed by atoms with E-state index in [2.05, 4.69) is 58.4 Å². The van der Waals surface area contributed by atoms with Gasteiger partial charge in [-0.25, -0.2) is 4.98 Å². The fraction of sp³-hybridized carbons (Fsp3) is 0.381.